The molecule has 3 saturated heterocycles. The third kappa shape index (κ3) is 4.70. The minimum atomic E-state index is -0.481. The van der Waals surface area contributed by atoms with E-state index in [-0.39, 0.29) is 23.8 Å². The first-order chi connectivity index (χ1) is 16.5. The van der Waals surface area contributed by atoms with Crippen molar-refractivity contribution in [3.63, 3.8) is 0 Å². The van der Waals surface area contributed by atoms with Gasteiger partial charge in [0.1, 0.15) is 12.4 Å². The normalized spacial score (nSPS) is 29.9. The summed E-state index contributed by atoms with van der Waals surface area (Å²) >= 11 is 0. The summed E-state index contributed by atoms with van der Waals surface area (Å²) in [6, 6.07) is 6.00. The molecule has 2 bridgehead atoms. The molecule has 34 heavy (non-hydrogen) atoms. The number of hydrogen-bond donors (Lipinski definition) is 1. The zero-order valence-corrected chi connectivity index (χ0v) is 19.9. The predicted molar refractivity (Wildman–Crippen MR) is 129 cm³/mol. The number of nitrogens with zero attached hydrogens (tertiary/aromatic N) is 1. The fraction of sp³-hybridized carbons (Fsp3) is 0.571. The summed E-state index contributed by atoms with van der Waals surface area (Å²) in [5.74, 6) is -0.131. The number of ether oxygens (including phenoxy) is 1. The third-order valence-electron chi connectivity index (χ3n) is 8.62. The van der Waals surface area contributed by atoms with Crippen molar-refractivity contribution in [1.29, 1.82) is 0 Å². The Bertz CT molecular complexity index is 985. The number of anilines is 1. The second-order valence-electron chi connectivity index (χ2n) is 10.8. The Morgan fingerprint density at radius 2 is 1.88 bits per heavy atom. The van der Waals surface area contributed by atoms with E-state index in [9.17, 15) is 14.0 Å². The first-order valence-electron chi connectivity index (χ1n) is 13.0. The van der Waals surface area contributed by atoms with Crippen molar-refractivity contribution in [3.05, 3.63) is 53.9 Å². The van der Waals surface area contributed by atoms with Gasteiger partial charge in [0.15, 0.2) is 12.6 Å². The highest BCUT2D eigenvalue weighted by Gasteiger charge is 2.51. The third-order valence-corrected chi connectivity index (χ3v) is 8.62. The lowest BCUT2D eigenvalue weighted by Gasteiger charge is -2.52. The molecular weight excluding hydrogens is 431 g/mol. The summed E-state index contributed by atoms with van der Waals surface area (Å²) in [5.41, 5.74) is 1.22. The molecule has 1 aromatic carbocycles. The molecule has 182 valence electrons. The monoisotopic (exact) mass is 467 g/mol. The number of hydrogen-bond acceptors (Lipinski definition) is 3. The number of carbonyl (C=O) groups excluding carboxylic acids is 2. The molecule has 6 heteroatoms. The summed E-state index contributed by atoms with van der Waals surface area (Å²) in [6.07, 6.45) is 15.3. The maximum absolute atomic E-state index is 13.8. The Balaban J connectivity index is 1.27. The Labute approximate surface area is 201 Å². The van der Waals surface area contributed by atoms with Crippen LogP contribution in [0.3, 0.4) is 0 Å². The lowest BCUT2D eigenvalue weighted by molar-refractivity contribution is -0.939. The number of esters is 1. The summed E-state index contributed by atoms with van der Waals surface area (Å²) in [5, 5.41) is 2.85. The molecule has 1 atom stereocenters. The Morgan fingerprint density at radius 3 is 2.56 bits per heavy atom. The zero-order valence-electron chi connectivity index (χ0n) is 19.9. The van der Waals surface area contributed by atoms with Crippen molar-refractivity contribution in [2.24, 2.45) is 11.3 Å². The van der Waals surface area contributed by atoms with Gasteiger partial charge in [-0.3, -0.25) is 9.59 Å². The average molecular weight is 468 g/mol. The van der Waals surface area contributed by atoms with Crippen LogP contribution in [0, 0.1) is 17.2 Å². The van der Waals surface area contributed by atoms with Gasteiger partial charge in [-0.2, -0.15) is 0 Å². The van der Waals surface area contributed by atoms with Crippen LogP contribution in [-0.4, -0.2) is 48.6 Å². The van der Waals surface area contributed by atoms with Gasteiger partial charge in [-0.25, -0.2) is 4.39 Å². The standard InChI is InChI=1S/C28H35FN2O3/c29-23-10-7-11-24(18-23)30-26(32)20-31-16-12-21(13-17-31)25(19-31)34-27(33)28(22-8-3-4-9-22)14-5-1-2-6-15-28/h3-4,7-8,10-11,18,21,25H,1-2,5-6,9,12-17,19-20H2/p+1/t21?,25-,31?/m0/s1. The molecule has 5 nitrogen and oxygen atoms in total. The van der Waals surface area contributed by atoms with Crippen LogP contribution in [0.2, 0.25) is 0 Å². The van der Waals surface area contributed by atoms with Crippen molar-refractivity contribution in [2.45, 2.75) is 63.9 Å². The largest absolute Gasteiger partial charge is 0.455 e. The van der Waals surface area contributed by atoms with Crippen molar-refractivity contribution < 1.29 is 23.2 Å². The second-order valence-corrected chi connectivity index (χ2v) is 10.8. The molecule has 1 amide bonds. The Morgan fingerprint density at radius 1 is 1.12 bits per heavy atom. The van der Waals surface area contributed by atoms with Crippen molar-refractivity contribution in [2.75, 3.05) is 31.5 Å². The second kappa shape index (κ2) is 9.65. The number of halogens is 1. The number of fused-ring (bicyclic) bond motifs is 3. The van der Waals surface area contributed by atoms with E-state index in [1.807, 2.05) is 0 Å². The van der Waals surface area contributed by atoms with Crippen molar-refractivity contribution >= 4 is 17.6 Å². The smallest absolute Gasteiger partial charge is 0.316 e. The predicted octanol–water partition coefficient (Wildman–Crippen LogP) is 5.14. The Kier molecular flexibility index (Phi) is 6.61. The Hall–Kier alpha value is -2.47. The molecule has 3 heterocycles. The maximum atomic E-state index is 13.8. The van der Waals surface area contributed by atoms with E-state index in [4.69, 9.17) is 4.74 Å². The van der Waals surface area contributed by atoms with Crippen molar-refractivity contribution in [3.8, 4) is 0 Å². The summed E-state index contributed by atoms with van der Waals surface area (Å²) in [6.45, 7) is 2.88. The van der Waals surface area contributed by atoms with Crippen LogP contribution in [0.15, 0.2) is 48.1 Å². The van der Waals surface area contributed by atoms with E-state index in [0.717, 1.165) is 58.0 Å². The number of allylic oxidation sites excluding steroid dienone is 3. The van der Waals surface area contributed by atoms with E-state index in [1.54, 1.807) is 12.1 Å². The van der Waals surface area contributed by atoms with Crippen LogP contribution in [0.5, 0.6) is 0 Å². The average Bonchev–Trinajstić information content (AvgIpc) is 3.24. The molecule has 0 aromatic heterocycles. The van der Waals surface area contributed by atoms with Gasteiger partial charge in [0.2, 0.25) is 0 Å². The highest BCUT2D eigenvalue weighted by molar-refractivity contribution is 5.91. The molecule has 0 radical (unpaired) electrons. The first kappa shape index (κ1) is 23.3. The topological polar surface area (TPSA) is 55.4 Å². The van der Waals surface area contributed by atoms with Crippen molar-refractivity contribution in [1.82, 2.24) is 0 Å². The van der Waals surface area contributed by atoms with E-state index in [2.05, 4.69) is 23.5 Å². The molecule has 2 aliphatic carbocycles. The zero-order chi connectivity index (χ0) is 23.6. The van der Waals surface area contributed by atoms with Gasteiger partial charge in [-0.15, -0.1) is 0 Å². The van der Waals surface area contributed by atoms with Crippen LogP contribution in [0.4, 0.5) is 10.1 Å². The van der Waals surface area contributed by atoms with Gasteiger partial charge in [-0.1, -0.05) is 50.0 Å². The highest BCUT2D eigenvalue weighted by atomic mass is 19.1. The number of amides is 1. The molecule has 6 rings (SSSR count). The number of rotatable bonds is 6. The molecule has 3 aliphatic heterocycles. The maximum Gasteiger partial charge on any atom is 0.316 e. The van der Waals surface area contributed by atoms with Gasteiger partial charge in [-0.05, 0) is 43.0 Å². The van der Waals surface area contributed by atoms with E-state index in [0.29, 0.717) is 29.2 Å². The molecule has 0 spiro atoms. The number of quaternary nitrogens is 1. The minimum Gasteiger partial charge on any atom is -0.455 e. The summed E-state index contributed by atoms with van der Waals surface area (Å²) in [4.78, 5) is 26.6. The molecule has 1 saturated carbocycles. The fourth-order valence-electron chi connectivity index (χ4n) is 6.69. The van der Waals surface area contributed by atoms with E-state index in [1.165, 1.54) is 30.5 Å². The minimum absolute atomic E-state index is 0.0366. The molecular formula is C28H36FN2O3+. The van der Waals surface area contributed by atoms with Crippen LogP contribution in [0.25, 0.3) is 0 Å². The van der Waals surface area contributed by atoms with Crippen LogP contribution < -0.4 is 5.32 Å². The lowest BCUT2D eigenvalue weighted by atomic mass is 9.73. The number of nitrogens with one attached hydrogen (secondary N) is 1. The molecule has 1 N–H and O–H groups in total. The number of piperidine rings is 3. The summed E-state index contributed by atoms with van der Waals surface area (Å²) < 4.78 is 20.5. The van der Waals surface area contributed by atoms with Gasteiger partial charge < -0.3 is 14.5 Å². The van der Waals surface area contributed by atoms with E-state index >= 15 is 0 Å². The molecule has 5 aliphatic rings. The van der Waals surface area contributed by atoms with Gasteiger partial charge in [0.25, 0.3) is 5.91 Å². The van der Waals surface area contributed by atoms with E-state index < -0.39 is 5.41 Å². The van der Waals surface area contributed by atoms with Gasteiger partial charge in [0.05, 0.1) is 18.5 Å². The quantitative estimate of drug-likeness (QED) is 0.358. The van der Waals surface area contributed by atoms with Gasteiger partial charge in [0, 0.05) is 24.4 Å². The van der Waals surface area contributed by atoms with Crippen LogP contribution in [0.1, 0.15) is 57.8 Å². The SMILES string of the molecule is O=C(C[N+]12CCC(CC1)[C@@H](OC(=O)C1(C3=CC=CC3)CCCCCC1)C2)Nc1cccc(F)c1. The first-order valence-corrected chi connectivity index (χ1v) is 13.0. The summed E-state index contributed by atoms with van der Waals surface area (Å²) in [7, 11) is 0. The van der Waals surface area contributed by atoms with Gasteiger partial charge >= 0.3 is 5.97 Å². The number of carbonyl (C=O) groups is 2. The molecule has 1 aromatic rings. The van der Waals surface area contributed by atoms with Crippen LogP contribution in [-0.2, 0) is 14.3 Å². The fourth-order valence-corrected chi connectivity index (χ4v) is 6.69. The van der Waals surface area contributed by atoms with Crippen LogP contribution >= 0.6 is 0 Å². The highest BCUT2D eigenvalue weighted by Crippen LogP contribution is 2.46. The molecule has 4 fully saturated rings. The number of benzene rings is 1. The molecule has 0 unspecified atom stereocenters. The lowest BCUT2D eigenvalue weighted by Crippen LogP contribution is -2.66.